The van der Waals surface area contributed by atoms with Gasteiger partial charge < -0.3 is 26.0 Å². The van der Waals surface area contributed by atoms with Crippen molar-refractivity contribution in [3.8, 4) is 0 Å². The second kappa shape index (κ2) is 16.0. The summed E-state index contributed by atoms with van der Waals surface area (Å²) in [5.41, 5.74) is 4.14. The summed E-state index contributed by atoms with van der Waals surface area (Å²) in [5, 5.41) is 14.0. The van der Waals surface area contributed by atoms with Crippen LogP contribution in [0.3, 0.4) is 0 Å². The van der Waals surface area contributed by atoms with Crippen LogP contribution in [-0.2, 0) is 16.0 Å². The SMILES string of the molecule is CCCC/C=C(\CNC(=O)OC(C)(C)C)NC(Cc1ccccc1)C(NC1CC(C)SCCNC1=O)=C1CCC1. The molecule has 1 heterocycles. The number of rotatable bonds is 12. The Bertz CT molecular complexity index is 1010. The zero-order valence-electron chi connectivity index (χ0n) is 25.1. The predicted octanol–water partition coefficient (Wildman–Crippen LogP) is 5.82. The smallest absolute Gasteiger partial charge is 0.407 e. The molecule has 4 N–H and O–H groups in total. The van der Waals surface area contributed by atoms with E-state index in [1.807, 2.05) is 38.6 Å². The molecule has 1 aromatic carbocycles. The molecule has 40 heavy (non-hydrogen) atoms. The number of alkyl carbamates (subject to hydrolysis) is 1. The van der Waals surface area contributed by atoms with E-state index < -0.39 is 11.7 Å². The van der Waals surface area contributed by atoms with Crippen LogP contribution in [-0.4, -0.2) is 53.8 Å². The van der Waals surface area contributed by atoms with Crippen LogP contribution in [0, 0.1) is 0 Å². The van der Waals surface area contributed by atoms with E-state index in [0.717, 1.165) is 62.1 Å². The zero-order valence-corrected chi connectivity index (χ0v) is 25.9. The molecule has 3 atom stereocenters. The molecule has 1 saturated heterocycles. The van der Waals surface area contributed by atoms with E-state index in [9.17, 15) is 9.59 Å². The summed E-state index contributed by atoms with van der Waals surface area (Å²) in [5.74, 6) is 1.02. The Morgan fingerprint density at radius 2 is 1.98 bits per heavy atom. The summed E-state index contributed by atoms with van der Waals surface area (Å²) in [7, 11) is 0. The van der Waals surface area contributed by atoms with Gasteiger partial charge in [-0.15, -0.1) is 0 Å². The highest BCUT2D eigenvalue weighted by Crippen LogP contribution is 2.31. The molecule has 1 aliphatic heterocycles. The maximum absolute atomic E-state index is 13.1. The van der Waals surface area contributed by atoms with Crippen LogP contribution in [0.15, 0.2) is 53.4 Å². The molecule has 3 rings (SSSR count). The van der Waals surface area contributed by atoms with Gasteiger partial charge in [-0.2, -0.15) is 11.8 Å². The molecule has 2 amide bonds. The van der Waals surface area contributed by atoms with Crippen molar-refractivity contribution in [2.45, 2.75) is 109 Å². The summed E-state index contributed by atoms with van der Waals surface area (Å²) in [6.07, 6.45) is 9.66. The first-order chi connectivity index (χ1) is 19.1. The average Bonchev–Trinajstić information content (AvgIpc) is 2.86. The van der Waals surface area contributed by atoms with Crippen LogP contribution in [0.25, 0.3) is 0 Å². The van der Waals surface area contributed by atoms with Crippen LogP contribution in [0.5, 0.6) is 0 Å². The number of hydrogen-bond donors (Lipinski definition) is 4. The lowest BCUT2D eigenvalue weighted by Crippen LogP contribution is -2.51. The number of carbonyl (C=O) groups is 2. The van der Waals surface area contributed by atoms with Crippen molar-refractivity contribution in [3.63, 3.8) is 0 Å². The summed E-state index contributed by atoms with van der Waals surface area (Å²) in [6.45, 7) is 11.0. The molecule has 2 fully saturated rings. The highest BCUT2D eigenvalue weighted by atomic mass is 32.2. The highest BCUT2D eigenvalue weighted by Gasteiger charge is 2.30. The molecule has 222 valence electrons. The Morgan fingerprint density at radius 3 is 2.62 bits per heavy atom. The number of allylic oxidation sites excluding steroid dienone is 2. The van der Waals surface area contributed by atoms with Crippen molar-refractivity contribution in [1.82, 2.24) is 21.3 Å². The first kappa shape index (κ1) is 31.9. The fourth-order valence-electron chi connectivity index (χ4n) is 4.89. The molecule has 0 spiro atoms. The summed E-state index contributed by atoms with van der Waals surface area (Å²) >= 11 is 1.91. The molecule has 2 aliphatic rings. The van der Waals surface area contributed by atoms with Crippen LogP contribution < -0.4 is 21.3 Å². The first-order valence-electron chi connectivity index (χ1n) is 15.0. The molecule has 0 bridgehead atoms. The number of thioether (sulfide) groups is 1. The number of hydrogen-bond acceptors (Lipinski definition) is 6. The minimum Gasteiger partial charge on any atom is -0.444 e. The van der Waals surface area contributed by atoms with Gasteiger partial charge >= 0.3 is 6.09 Å². The summed E-state index contributed by atoms with van der Waals surface area (Å²) < 4.78 is 5.50. The van der Waals surface area contributed by atoms with E-state index in [-0.39, 0.29) is 18.0 Å². The molecule has 1 aliphatic carbocycles. The maximum Gasteiger partial charge on any atom is 0.407 e. The Morgan fingerprint density at radius 1 is 1.23 bits per heavy atom. The third kappa shape index (κ3) is 11.1. The van der Waals surface area contributed by atoms with Gasteiger partial charge in [0.25, 0.3) is 0 Å². The second-order valence-corrected chi connectivity index (χ2v) is 13.4. The maximum atomic E-state index is 13.1. The van der Waals surface area contributed by atoms with Crippen LogP contribution in [0.2, 0.25) is 0 Å². The highest BCUT2D eigenvalue weighted by molar-refractivity contribution is 7.99. The van der Waals surface area contributed by atoms with Gasteiger partial charge in [0.2, 0.25) is 5.91 Å². The van der Waals surface area contributed by atoms with Gasteiger partial charge in [-0.1, -0.05) is 63.1 Å². The molecular weight excluding hydrogens is 520 g/mol. The van der Waals surface area contributed by atoms with Crippen molar-refractivity contribution in [3.05, 3.63) is 58.9 Å². The molecule has 0 aromatic heterocycles. The molecule has 1 saturated carbocycles. The number of nitrogens with one attached hydrogen (secondary N) is 4. The summed E-state index contributed by atoms with van der Waals surface area (Å²) in [6, 6.07) is 10.1. The van der Waals surface area contributed by atoms with Gasteiger partial charge in [-0.25, -0.2) is 4.79 Å². The van der Waals surface area contributed by atoms with E-state index in [4.69, 9.17) is 4.74 Å². The molecule has 1 aromatic rings. The molecular formula is C32H50N4O3S. The fraction of sp³-hybridized carbons (Fsp3) is 0.625. The zero-order chi connectivity index (χ0) is 29.0. The Balaban J connectivity index is 1.89. The third-order valence-electron chi connectivity index (χ3n) is 7.12. The Kier molecular flexibility index (Phi) is 12.8. The lowest BCUT2D eigenvalue weighted by atomic mass is 9.86. The van der Waals surface area contributed by atoms with Gasteiger partial charge in [0.15, 0.2) is 0 Å². The van der Waals surface area contributed by atoms with Gasteiger partial charge in [-0.05, 0) is 70.4 Å². The molecule has 8 heteroatoms. The van der Waals surface area contributed by atoms with Gasteiger partial charge in [0.1, 0.15) is 11.6 Å². The second-order valence-electron chi connectivity index (χ2n) is 11.9. The van der Waals surface area contributed by atoms with E-state index in [1.54, 1.807) is 0 Å². The van der Waals surface area contributed by atoms with E-state index in [2.05, 4.69) is 65.5 Å². The fourth-order valence-corrected chi connectivity index (χ4v) is 5.84. The number of amides is 2. The van der Waals surface area contributed by atoms with Gasteiger partial charge in [0.05, 0.1) is 12.6 Å². The van der Waals surface area contributed by atoms with Crippen molar-refractivity contribution in [1.29, 1.82) is 0 Å². The van der Waals surface area contributed by atoms with E-state index in [0.29, 0.717) is 18.3 Å². The van der Waals surface area contributed by atoms with Crippen LogP contribution in [0.1, 0.15) is 85.1 Å². The number of ether oxygens (including phenoxy) is 1. The third-order valence-corrected chi connectivity index (χ3v) is 8.32. The Hall–Kier alpha value is -2.61. The van der Waals surface area contributed by atoms with Gasteiger partial charge in [0, 0.05) is 28.9 Å². The topological polar surface area (TPSA) is 91.5 Å². The molecule has 3 unspecified atom stereocenters. The Labute approximate surface area is 245 Å². The van der Waals surface area contributed by atoms with E-state index in [1.165, 1.54) is 17.6 Å². The first-order valence-corrected chi connectivity index (χ1v) is 16.0. The number of carbonyl (C=O) groups excluding carboxylic acids is 2. The minimum absolute atomic E-state index is 0.0628. The number of benzene rings is 1. The van der Waals surface area contributed by atoms with Crippen molar-refractivity contribution in [2.24, 2.45) is 0 Å². The van der Waals surface area contributed by atoms with E-state index >= 15 is 0 Å². The lowest BCUT2D eigenvalue weighted by Gasteiger charge is -2.35. The van der Waals surface area contributed by atoms with Crippen molar-refractivity contribution in [2.75, 3.05) is 18.8 Å². The van der Waals surface area contributed by atoms with Crippen molar-refractivity contribution >= 4 is 23.8 Å². The number of unbranched alkanes of at least 4 members (excludes halogenated alkanes) is 2. The van der Waals surface area contributed by atoms with Crippen LogP contribution >= 0.6 is 11.8 Å². The standard InChI is InChI=1S/C32H50N4O3S/c1-6-7-9-17-26(22-34-31(38)39-32(3,4)5)35-27(21-24-13-10-8-11-14-24)29(25-15-12-16-25)36-28-20-23(2)40-19-18-33-30(28)37/h8,10-11,13-14,17,23,27-28,35-36H,6-7,9,12,15-16,18-22H2,1-5H3,(H,33,37)(H,34,38)/b26-17+. The van der Waals surface area contributed by atoms with Crippen molar-refractivity contribution < 1.29 is 14.3 Å². The van der Waals surface area contributed by atoms with Crippen LogP contribution in [0.4, 0.5) is 4.79 Å². The normalized spacial score (nSPS) is 20.8. The average molecular weight is 571 g/mol. The monoisotopic (exact) mass is 570 g/mol. The molecule has 7 nitrogen and oxygen atoms in total. The predicted molar refractivity (Wildman–Crippen MR) is 166 cm³/mol. The largest absolute Gasteiger partial charge is 0.444 e. The summed E-state index contributed by atoms with van der Waals surface area (Å²) in [4.78, 5) is 25.6. The minimum atomic E-state index is -0.557. The lowest BCUT2D eigenvalue weighted by molar-refractivity contribution is -0.123. The van der Waals surface area contributed by atoms with Gasteiger partial charge in [-0.3, -0.25) is 4.79 Å². The molecule has 0 radical (unpaired) electrons. The quantitative estimate of drug-likeness (QED) is 0.237.